The molecule has 0 atom stereocenters. The molecular weight excluding hydrogens is 232 g/mol. The van der Waals surface area contributed by atoms with Crippen molar-refractivity contribution in [3.8, 4) is 0 Å². The van der Waals surface area contributed by atoms with Gasteiger partial charge in [0.15, 0.2) is 5.78 Å². The average Bonchev–Trinajstić information content (AvgIpc) is 2.23. The minimum atomic E-state index is -0.917. The monoisotopic (exact) mass is 256 g/mol. The molecule has 0 amide bonds. The molecular formula is C14H24O4. The van der Waals surface area contributed by atoms with Gasteiger partial charge in [0.25, 0.3) is 0 Å². The predicted molar refractivity (Wildman–Crippen MR) is 69.0 cm³/mol. The molecule has 0 unspecified atom stereocenters. The number of ketones is 1. The molecule has 4 heteroatoms. The Morgan fingerprint density at radius 1 is 1.17 bits per heavy atom. The maximum absolute atomic E-state index is 10.5. The van der Waals surface area contributed by atoms with Crippen molar-refractivity contribution in [3.63, 3.8) is 0 Å². The van der Waals surface area contributed by atoms with E-state index in [2.05, 4.69) is 6.58 Å². The van der Waals surface area contributed by atoms with Crippen LogP contribution >= 0.6 is 0 Å². The summed E-state index contributed by atoms with van der Waals surface area (Å²) in [6, 6.07) is 0. The van der Waals surface area contributed by atoms with Crippen LogP contribution in [0.15, 0.2) is 12.3 Å². The van der Waals surface area contributed by atoms with Gasteiger partial charge in [-0.15, -0.1) is 0 Å². The van der Waals surface area contributed by atoms with E-state index < -0.39 is 11.2 Å². The molecule has 0 aromatic rings. The van der Waals surface area contributed by atoms with Gasteiger partial charge in [-0.1, -0.05) is 6.58 Å². The summed E-state index contributed by atoms with van der Waals surface area (Å²) in [4.78, 5) is 10.5. The van der Waals surface area contributed by atoms with Crippen LogP contribution in [0.3, 0.4) is 0 Å². The molecule has 0 aromatic carbocycles. The van der Waals surface area contributed by atoms with E-state index in [1.165, 1.54) is 6.92 Å². The summed E-state index contributed by atoms with van der Waals surface area (Å²) in [7, 11) is 0. The van der Waals surface area contributed by atoms with E-state index in [0.29, 0.717) is 25.2 Å². The molecule has 2 aliphatic carbocycles. The lowest BCUT2D eigenvalue weighted by Gasteiger charge is -2.37. The van der Waals surface area contributed by atoms with Crippen molar-refractivity contribution in [2.75, 3.05) is 6.61 Å². The first-order valence-corrected chi connectivity index (χ1v) is 6.62. The Morgan fingerprint density at radius 2 is 1.61 bits per heavy atom. The number of Topliss-reactive ketones (excluding diaryl/α,β-unsaturated/α-hetero) is 1. The molecule has 0 heterocycles. The highest BCUT2D eigenvalue weighted by molar-refractivity contribution is 5.85. The van der Waals surface area contributed by atoms with Crippen molar-refractivity contribution in [2.24, 2.45) is 0 Å². The molecule has 0 spiro atoms. The topological polar surface area (TPSA) is 66.8 Å². The Labute approximate surface area is 109 Å². The normalized spacial score (nSPS) is 22.7. The zero-order valence-electron chi connectivity index (χ0n) is 11.4. The summed E-state index contributed by atoms with van der Waals surface area (Å²) in [5.74, 6) is 0.463. The van der Waals surface area contributed by atoms with E-state index >= 15 is 0 Å². The average molecular weight is 256 g/mol. The summed E-state index contributed by atoms with van der Waals surface area (Å²) >= 11 is 0. The summed E-state index contributed by atoms with van der Waals surface area (Å²) in [5.41, 5.74) is -1.60. The van der Waals surface area contributed by atoms with Gasteiger partial charge in [0.05, 0.1) is 6.61 Å². The van der Waals surface area contributed by atoms with Gasteiger partial charge in [-0.2, -0.15) is 0 Å². The van der Waals surface area contributed by atoms with Crippen molar-refractivity contribution in [1.82, 2.24) is 0 Å². The van der Waals surface area contributed by atoms with E-state index in [4.69, 9.17) is 9.84 Å². The Hall–Kier alpha value is -0.870. The predicted octanol–water partition coefficient (Wildman–Crippen LogP) is 1.94. The number of carbonyl (C=O) groups is 1. The number of rotatable bonds is 4. The minimum Gasteiger partial charge on any atom is -0.496 e. The largest absolute Gasteiger partial charge is 0.496 e. The zero-order chi connectivity index (χ0) is 13.8. The first kappa shape index (κ1) is 15.2. The van der Waals surface area contributed by atoms with Crippen LogP contribution in [-0.2, 0) is 9.53 Å². The first-order valence-electron chi connectivity index (χ1n) is 6.62. The molecule has 4 nitrogen and oxygen atoms in total. The second-order valence-corrected chi connectivity index (χ2v) is 5.18. The number of aliphatic hydroxyl groups is 2. The van der Waals surface area contributed by atoms with Crippen LogP contribution in [0.25, 0.3) is 0 Å². The van der Waals surface area contributed by atoms with E-state index in [-0.39, 0.29) is 5.78 Å². The van der Waals surface area contributed by atoms with Gasteiger partial charge in [-0.25, -0.2) is 0 Å². The van der Waals surface area contributed by atoms with Crippen LogP contribution in [0.4, 0.5) is 0 Å². The van der Waals surface area contributed by atoms with Gasteiger partial charge < -0.3 is 14.9 Å². The maximum Gasteiger partial charge on any atom is 0.161 e. The van der Waals surface area contributed by atoms with Crippen LogP contribution in [0.1, 0.15) is 52.4 Å². The maximum atomic E-state index is 10.5. The minimum absolute atomic E-state index is 0.0799. The summed E-state index contributed by atoms with van der Waals surface area (Å²) in [6.45, 7) is 7.60. The van der Waals surface area contributed by atoms with E-state index in [1.54, 1.807) is 0 Å². The van der Waals surface area contributed by atoms with Crippen molar-refractivity contribution >= 4 is 5.78 Å². The van der Waals surface area contributed by atoms with Crippen molar-refractivity contribution in [2.45, 2.75) is 63.6 Å². The summed E-state index contributed by atoms with van der Waals surface area (Å²) in [6.07, 6.45) is 5.04. The van der Waals surface area contributed by atoms with E-state index in [1.807, 2.05) is 6.92 Å². The molecule has 2 fully saturated rings. The van der Waals surface area contributed by atoms with Crippen molar-refractivity contribution in [1.29, 1.82) is 0 Å². The SMILES string of the molecule is C=C(OCC)C1(O)CCC1.CC(=O)C1(O)CCC1. The fourth-order valence-electron chi connectivity index (χ4n) is 1.96. The first-order chi connectivity index (χ1) is 8.34. The Morgan fingerprint density at radius 3 is 1.78 bits per heavy atom. The lowest BCUT2D eigenvalue weighted by molar-refractivity contribution is -0.143. The molecule has 0 radical (unpaired) electrons. The second-order valence-electron chi connectivity index (χ2n) is 5.18. The van der Waals surface area contributed by atoms with Crippen LogP contribution in [0.2, 0.25) is 0 Å². The molecule has 2 aliphatic rings. The number of hydrogen-bond donors (Lipinski definition) is 2. The van der Waals surface area contributed by atoms with Gasteiger partial charge >= 0.3 is 0 Å². The molecule has 2 saturated carbocycles. The molecule has 0 aromatic heterocycles. The summed E-state index contributed by atoms with van der Waals surface area (Å²) in [5, 5.41) is 18.7. The van der Waals surface area contributed by atoms with E-state index in [9.17, 15) is 9.90 Å². The lowest BCUT2D eigenvalue weighted by Crippen LogP contribution is -2.43. The van der Waals surface area contributed by atoms with Gasteiger partial charge in [0.1, 0.15) is 17.0 Å². The fraction of sp³-hybridized carbons (Fsp3) is 0.786. The van der Waals surface area contributed by atoms with Crippen LogP contribution in [0.5, 0.6) is 0 Å². The van der Waals surface area contributed by atoms with Crippen LogP contribution in [-0.4, -0.2) is 33.8 Å². The van der Waals surface area contributed by atoms with Gasteiger partial charge in [0.2, 0.25) is 0 Å². The third-order valence-corrected chi connectivity index (χ3v) is 3.85. The third-order valence-electron chi connectivity index (χ3n) is 3.85. The zero-order valence-corrected chi connectivity index (χ0v) is 11.4. The number of hydrogen-bond acceptors (Lipinski definition) is 4. The molecule has 18 heavy (non-hydrogen) atoms. The van der Waals surface area contributed by atoms with Crippen molar-refractivity contribution < 1.29 is 19.7 Å². The van der Waals surface area contributed by atoms with Crippen molar-refractivity contribution in [3.05, 3.63) is 12.3 Å². The fourth-order valence-corrected chi connectivity index (χ4v) is 1.96. The Kier molecular flexibility index (Phi) is 4.93. The van der Waals surface area contributed by atoms with Gasteiger partial charge in [-0.05, 0) is 52.4 Å². The third kappa shape index (κ3) is 3.33. The standard InChI is InChI=1S/C8H14O2.C6H10O2/c1-3-10-7(2)8(9)5-4-6-8;1-5(7)6(8)3-2-4-6/h9H,2-6H2,1H3;8H,2-4H2,1H3. The lowest BCUT2D eigenvalue weighted by atomic mass is 9.78. The molecule has 104 valence electrons. The van der Waals surface area contributed by atoms with Gasteiger partial charge in [-0.3, -0.25) is 4.79 Å². The Bertz CT molecular complexity index is 314. The molecule has 0 saturated heterocycles. The quantitative estimate of drug-likeness (QED) is 0.754. The number of carbonyl (C=O) groups excluding carboxylic acids is 1. The van der Waals surface area contributed by atoms with Crippen LogP contribution < -0.4 is 0 Å². The highest BCUT2D eigenvalue weighted by Gasteiger charge is 2.39. The molecule has 0 bridgehead atoms. The number of ether oxygens (including phenoxy) is 1. The van der Waals surface area contributed by atoms with Gasteiger partial charge in [0, 0.05) is 0 Å². The molecule has 2 N–H and O–H groups in total. The van der Waals surface area contributed by atoms with E-state index in [0.717, 1.165) is 25.7 Å². The second kappa shape index (κ2) is 5.85. The molecule has 0 aliphatic heterocycles. The summed E-state index contributed by atoms with van der Waals surface area (Å²) < 4.78 is 5.10. The molecule has 2 rings (SSSR count). The highest BCUT2D eigenvalue weighted by atomic mass is 16.5. The highest BCUT2D eigenvalue weighted by Crippen LogP contribution is 2.37. The Balaban J connectivity index is 0.000000184. The smallest absolute Gasteiger partial charge is 0.161 e. The van der Waals surface area contributed by atoms with Crippen LogP contribution in [0, 0.1) is 0 Å².